The number of benzene rings is 1. The number of nitrogens with one attached hydrogen (secondary N) is 2. The summed E-state index contributed by atoms with van der Waals surface area (Å²) in [5.41, 5.74) is 0.686. The number of H-pyrrole nitrogens is 1. The Bertz CT molecular complexity index is 943. The lowest BCUT2D eigenvalue weighted by Crippen LogP contribution is -2.30. The molecule has 0 radical (unpaired) electrons. The summed E-state index contributed by atoms with van der Waals surface area (Å²) in [6.45, 7) is 1.43. The van der Waals surface area contributed by atoms with Crippen molar-refractivity contribution in [2.45, 2.75) is 13.0 Å². The minimum atomic E-state index is -1.07. The monoisotopic (exact) mass is 378 g/mol. The fraction of sp³-hybridized carbons (Fsp3) is 0.125. The van der Waals surface area contributed by atoms with Crippen LogP contribution in [0.2, 0.25) is 10.0 Å². The lowest BCUT2D eigenvalue weighted by Gasteiger charge is -2.12. The zero-order chi connectivity index (χ0) is 18.0. The van der Waals surface area contributed by atoms with Gasteiger partial charge in [0.2, 0.25) is 5.95 Å². The number of esters is 1. The molecule has 0 saturated heterocycles. The highest BCUT2D eigenvalue weighted by Gasteiger charge is 2.23. The predicted molar refractivity (Wildman–Crippen MR) is 93.9 cm³/mol. The number of ether oxygens (including phenoxy) is 1. The Morgan fingerprint density at radius 2 is 1.96 bits per heavy atom. The minimum absolute atomic E-state index is 0.0505. The van der Waals surface area contributed by atoms with Gasteiger partial charge in [-0.1, -0.05) is 23.2 Å². The molecule has 0 aliphatic carbocycles. The van der Waals surface area contributed by atoms with Crippen molar-refractivity contribution in [3.05, 3.63) is 52.4 Å². The van der Waals surface area contributed by atoms with E-state index in [0.29, 0.717) is 15.9 Å². The molecule has 2 heterocycles. The zero-order valence-corrected chi connectivity index (χ0v) is 14.4. The number of fused-ring (bicyclic) bond motifs is 1. The molecular weight excluding hydrogens is 367 g/mol. The molecule has 0 aliphatic heterocycles. The molecule has 9 heteroatoms. The second-order valence-corrected chi connectivity index (χ2v) is 5.93. The Morgan fingerprint density at radius 3 is 2.68 bits per heavy atom. The lowest BCUT2D eigenvalue weighted by molar-refractivity contribution is -0.123. The smallest absolute Gasteiger partial charge is 0.357 e. The zero-order valence-electron chi connectivity index (χ0n) is 12.9. The number of carbonyl (C=O) groups excluding carboxylic acids is 2. The van der Waals surface area contributed by atoms with Crippen LogP contribution in [0.15, 0.2) is 36.7 Å². The van der Waals surface area contributed by atoms with Crippen LogP contribution in [0.4, 0.5) is 5.95 Å². The number of anilines is 1. The van der Waals surface area contributed by atoms with Gasteiger partial charge in [0.1, 0.15) is 5.69 Å². The molecule has 0 saturated carbocycles. The van der Waals surface area contributed by atoms with Crippen LogP contribution in [-0.4, -0.2) is 32.9 Å². The summed E-state index contributed by atoms with van der Waals surface area (Å²) in [7, 11) is 0. The number of aromatic amines is 1. The molecule has 3 aromatic rings. The molecule has 0 spiro atoms. The molecule has 1 atom stereocenters. The lowest BCUT2D eigenvalue weighted by atomic mass is 10.2. The van der Waals surface area contributed by atoms with Crippen molar-refractivity contribution in [2.75, 3.05) is 5.32 Å². The Labute approximate surface area is 152 Å². The van der Waals surface area contributed by atoms with Crippen LogP contribution < -0.4 is 5.32 Å². The summed E-state index contributed by atoms with van der Waals surface area (Å²) in [5.74, 6) is -1.20. The van der Waals surface area contributed by atoms with E-state index in [-0.39, 0.29) is 16.7 Å². The maximum Gasteiger partial charge on any atom is 0.357 e. The number of aromatic nitrogens is 3. The Hall–Kier alpha value is -2.64. The van der Waals surface area contributed by atoms with Gasteiger partial charge in [0.05, 0.1) is 5.02 Å². The van der Waals surface area contributed by atoms with Crippen molar-refractivity contribution in [3.63, 3.8) is 0 Å². The highest BCUT2D eigenvalue weighted by molar-refractivity contribution is 6.39. The number of carbonyl (C=O) groups is 2. The number of halogens is 2. The van der Waals surface area contributed by atoms with E-state index in [9.17, 15) is 9.59 Å². The van der Waals surface area contributed by atoms with E-state index in [1.165, 1.54) is 19.3 Å². The average Bonchev–Trinajstić information content (AvgIpc) is 2.92. The van der Waals surface area contributed by atoms with Crippen LogP contribution in [0.5, 0.6) is 0 Å². The van der Waals surface area contributed by atoms with Crippen molar-refractivity contribution in [1.82, 2.24) is 15.0 Å². The highest BCUT2D eigenvalue weighted by Crippen LogP contribution is 2.30. The summed E-state index contributed by atoms with van der Waals surface area (Å²) in [5, 5.41) is 3.71. The third kappa shape index (κ3) is 3.72. The van der Waals surface area contributed by atoms with Gasteiger partial charge < -0.3 is 9.72 Å². The first-order valence-corrected chi connectivity index (χ1v) is 7.97. The van der Waals surface area contributed by atoms with E-state index >= 15 is 0 Å². The fourth-order valence-electron chi connectivity index (χ4n) is 2.12. The van der Waals surface area contributed by atoms with Crippen molar-refractivity contribution < 1.29 is 14.3 Å². The van der Waals surface area contributed by atoms with Crippen molar-refractivity contribution in [2.24, 2.45) is 0 Å². The van der Waals surface area contributed by atoms with Gasteiger partial charge in [0, 0.05) is 28.3 Å². The summed E-state index contributed by atoms with van der Waals surface area (Å²) >= 11 is 12.1. The van der Waals surface area contributed by atoms with Gasteiger partial charge in [0.15, 0.2) is 6.10 Å². The van der Waals surface area contributed by atoms with E-state index in [1.54, 1.807) is 24.3 Å². The number of hydrogen-bond donors (Lipinski definition) is 2. The highest BCUT2D eigenvalue weighted by atomic mass is 35.5. The fourth-order valence-corrected chi connectivity index (χ4v) is 2.57. The van der Waals surface area contributed by atoms with Gasteiger partial charge in [-0.3, -0.25) is 10.1 Å². The first-order valence-electron chi connectivity index (χ1n) is 7.21. The Kier molecular flexibility index (Phi) is 4.87. The average molecular weight is 379 g/mol. The molecule has 0 unspecified atom stereocenters. The van der Waals surface area contributed by atoms with Gasteiger partial charge in [-0.15, -0.1) is 0 Å². The molecule has 3 rings (SSSR count). The molecule has 0 fully saturated rings. The third-order valence-corrected chi connectivity index (χ3v) is 3.98. The molecule has 7 nitrogen and oxygen atoms in total. The molecule has 1 aromatic carbocycles. The predicted octanol–water partition coefficient (Wildman–Crippen LogP) is 3.45. The maximum absolute atomic E-state index is 12.3. The SMILES string of the molecule is C[C@@H](OC(=O)c1[nH]c2ccc(Cl)cc2c1Cl)C(=O)Nc1ncccn1. The molecule has 0 bridgehead atoms. The van der Waals surface area contributed by atoms with Crippen LogP contribution in [-0.2, 0) is 9.53 Å². The van der Waals surface area contributed by atoms with Gasteiger partial charge in [-0.2, -0.15) is 0 Å². The van der Waals surface area contributed by atoms with E-state index < -0.39 is 18.0 Å². The number of rotatable bonds is 4. The largest absolute Gasteiger partial charge is 0.448 e. The van der Waals surface area contributed by atoms with Crippen LogP contribution in [0.3, 0.4) is 0 Å². The van der Waals surface area contributed by atoms with Crippen LogP contribution in [0.1, 0.15) is 17.4 Å². The second kappa shape index (κ2) is 7.08. The topological polar surface area (TPSA) is 97.0 Å². The maximum atomic E-state index is 12.3. The van der Waals surface area contributed by atoms with Gasteiger partial charge >= 0.3 is 5.97 Å². The first-order chi connectivity index (χ1) is 12.0. The van der Waals surface area contributed by atoms with Crippen molar-refractivity contribution >= 4 is 51.9 Å². The molecule has 1 amide bonds. The van der Waals surface area contributed by atoms with Gasteiger partial charge in [-0.05, 0) is 31.2 Å². The van der Waals surface area contributed by atoms with Crippen molar-refractivity contribution in [3.8, 4) is 0 Å². The Morgan fingerprint density at radius 1 is 1.24 bits per heavy atom. The first kappa shape index (κ1) is 17.2. The molecule has 2 N–H and O–H groups in total. The van der Waals surface area contributed by atoms with Crippen LogP contribution in [0, 0.1) is 0 Å². The summed E-state index contributed by atoms with van der Waals surface area (Å²) < 4.78 is 5.16. The number of amides is 1. The van der Waals surface area contributed by atoms with Crippen LogP contribution >= 0.6 is 23.2 Å². The number of hydrogen-bond acceptors (Lipinski definition) is 5. The van der Waals surface area contributed by atoms with E-state index in [1.807, 2.05) is 0 Å². The standard InChI is InChI=1S/C16H12Cl2N4O3/c1-8(14(23)22-16-19-5-2-6-20-16)25-15(24)13-12(18)10-7-9(17)3-4-11(10)21-13/h2-8,21H,1H3,(H,19,20,22,23)/t8-/m1/s1. The Balaban J connectivity index is 1.73. The van der Waals surface area contributed by atoms with Gasteiger partial charge in [-0.25, -0.2) is 14.8 Å². The van der Waals surface area contributed by atoms with E-state index in [0.717, 1.165) is 0 Å². The van der Waals surface area contributed by atoms with Crippen molar-refractivity contribution in [1.29, 1.82) is 0 Å². The third-order valence-electron chi connectivity index (χ3n) is 3.36. The normalized spacial score (nSPS) is 12.0. The van der Waals surface area contributed by atoms with Crippen LogP contribution in [0.25, 0.3) is 10.9 Å². The van der Waals surface area contributed by atoms with E-state index in [4.69, 9.17) is 27.9 Å². The second-order valence-electron chi connectivity index (χ2n) is 5.11. The molecule has 25 heavy (non-hydrogen) atoms. The summed E-state index contributed by atoms with van der Waals surface area (Å²) in [6, 6.07) is 6.61. The minimum Gasteiger partial charge on any atom is -0.448 e. The van der Waals surface area contributed by atoms with Gasteiger partial charge in [0.25, 0.3) is 5.91 Å². The summed E-state index contributed by atoms with van der Waals surface area (Å²) in [6.07, 6.45) is 1.89. The molecular formula is C16H12Cl2N4O3. The molecule has 128 valence electrons. The molecule has 2 aromatic heterocycles. The molecule has 0 aliphatic rings. The van der Waals surface area contributed by atoms with E-state index in [2.05, 4.69) is 20.3 Å². The quantitative estimate of drug-likeness (QED) is 0.677. The number of nitrogens with zero attached hydrogens (tertiary/aromatic N) is 2. The summed E-state index contributed by atoms with van der Waals surface area (Å²) in [4.78, 5) is 35.0.